The van der Waals surface area contributed by atoms with Crippen molar-refractivity contribution in [1.82, 2.24) is 5.32 Å². The fourth-order valence-electron chi connectivity index (χ4n) is 1.79. The van der Waals surface area contributed by atoms with E-state index in [0.29, 0.717) is 12.1 Å². The fraction of sp³-hybridized carbons (Fsp3) is 0.429. The van der Waals surface area contributed by atoms with Gasteiger partial charge in [0.1, 0.15) is 6.04 Å². The third kappa shape index (κ3) is 4.13. The van der Waals surface area contributed by atoms with Crippen molar-refractivity contribution >= 4 is 29.2 Å². The van der Waals surface area contributed by atoms with Gasteiger partial charge in [0.2, 0.25) is 0 Å². The van der Waals surface area contributed by atoms with Gasteiger partial charge in [-0.15, -0.1) is 0 Å². The van der Waals surface area contributed by atoms with E-state index in [1.54, 1.807) is 18.2 Å². The molecule has 0 aromatic heterocycles. The molecule has 5 nitrogen and oxygen atoms in total. The largest absolute Gasteiger partial charge is 0.467 e. The Morgan fingerprint density at radius 2 is 2.05 bits per heavy atom. The zero-order valence-electron chi connectivity index (χ0n) is 11.8. The standard InChI is InChI=1S/C14H19ClN2O3/c1-8(2)7-11(14(19)20-3)17-13(18)9-5-4-6-10(16)12(9)15/h4-6,8,11H,7,16H2,1-3H3,(H,17,18). The first-order valence-corrected chi connectivity index (χ1v) is 6.67. The number of rotatable bonds is 5. The van der Waals surface area contributed by atoms with Gasteiger partial charge >= 0.3 is 5.97 Å². The number of nitrogens with two attached hydrogens (primary N) is 1. The summed E-state index contributed by atoms with van der Waals surface area (Å²) in [5.41, 5.74) is 6.21. The first kappa shape index (κ1) is 16.3. The van der Waals surface area contributed by atoms with Gasteiger partial charge < -0.3 is 15.8 Å². The number of nitrogens with one attached hydrogen (secondary N) is 1. The van der Waals surface area contributed by atoms with Crippen LogP contribution in [-0.2, 0) is 9.53 Å². The Morgan fingerprint density at radius 1 is 1.40 bits per heavy atom. The molecule has 0 saturated heterocycles. The molecular formula is C14H19ClN2O3. The maximum Gasteiger partial charge on any atom is 0.328 e. The molecule has 1 atom stereocenters. The Morgan fingerprint density at radius 3 is 2.60 bits per heavy atom. The zero-order valence-corrected chi connectivity index (χ0v) is 12.5. The van der Waals surface area contributed by atoms with E-state index in [-0.39, 0.29) is 16.5 Å². The van der Waals surface area contributed by atoms with Crippen molar-refractivity contribution in [3.63, 3.8) is 0 Å². The summed E-state index contributed by atoms with van der Waals surface area (Å²) in [5.74, 6) is -0.693. The number of anilines is 1. The number of carbonyl (C=O) groups excluding carboxylic acids is 2. The van der Waals surface area contributed by atoms with Crippen molar-refractivity contribution in [2.45, 2.75) is 26.3 Å². The molecule has 1 amide bonds. The lowest BCUT2D eigenvalue weighted by atomic mass is 10.0. The lowest BCUT2D eigenvalue weighted by Crippen LogP contribution is -2.42. The van der Waals surface area contributed by atoms with E-state index >= 15 is 0 Å². The second kappa shape index (κ2) is 7.14. The van der Waals surface area contributed by atoms with Crippen LogP contribution in [0, 0.1) is 5.92 Å². The molecule has 0 aliphatic rings. The number of halogens is 1. The van der Waals surface area contributed by atoms with Crippen molar-refractivity contribution < 1.29 is 14.3 Å². The summed E-state index contributed by atoms with van der Waals surface area (Å²) in [6.07, 6.45) is 0.484. The summed E-state index contributed by atoms with van der Waals surface area (Å²) < 4.78 is 4.69. The maximum atomic E-state index is 12.2. The Bertz CT molecular complexity index is 503. The molecular weight excluding hydrogens is 280 g/mol. The average molecular weight is 299 g/mol. The molecule has 1 aromatic carbocycles. The van der Waals surface area contributed by atoms with Gasteiger partial charge in [-0.05, 0) is 24.5 Å². The van der Waals surface area contributed by atoms with Crippen molar-refractivity contribution in [2.24, 2.45) is 5.92 Å². The zero-order chi connectivity index (χ0) is 15.3. The number of carbonyl (C=O) groups is 2. The van der Waals surface area contributed by atoms with Gasteiger partial charge in [-0.2, -0.15) is 0 Å². The van der Waals surface area contributed by atoms with E-state index in [2.05, 4.69) is 5.32 Å². The summed E-state index contributed by atoms with van der Waals surface area (Å²) >= 11 is 5.99. The first-order chi connectivity index (χ1) is 9.36. The van der Waals surface area contributed by atoms with E-state index in [1.165, 1.54) is 7.11 Å². The molecule has 0 spiro atoms. The van der Waals surface area contributed by atoms with E-state index in [1.807, 2.05) is 13.8 Å². The number of hydrogen-bond acceptors (Lipinski definition) is 4. The molecule has 0 radical (unpaired) electrons. The number of nitrogen functional groups attached to an aromatic ring is 1. The lowest BCUT2D eigenvalue weighted by Gasteiger charge is -2.18. The Labute approximate surface area is 123 Å². The molecule has 1 rings (SSSR count). The van der Waals surface area contributed by atoms with Crippen LogP contribution in [0.25, 0.3) is 0 Å². The maximum absolute atomic E-state index is 12.2. The van der Waals surface area contributed by atoms with Crippen molar-refractivity contribution in [2.75, 3.05) is 12.8 Å². The molecule has 6 heteroatoms. The van der Waals surface area contributed by atoms with Crippen molar-refractivity contribution in [3.05, 3.63) is 28.8 Å². The highest BCUT2D eigenvalue weighted by molar-refractivity contribution is 6.36. The van der Waals surface area contributed by atoms with E-state index < -0.39 is 17.9 Å². The Balaban J connectivity index is 2.90. The van der Waals surface area contributed by atoms with Gasteiger partial charge in [0, 0.05) is 0 Å². The quantitative estimate of drug-likeness (QED) is 0.645. The molecule has 20 heavy (non-hydrogen) atoms. The van der Waals surface area contributed by atoms with E-state index in [4.69, 9.17) is 22.1 Å². The summed E-state index contributed by atoms with van der Waals surface area (Å²) in [5, 5.41) is 2.81. The van der Waals surface area contributed by atoms with Crippen LogP contribution < -0.4 is 11.1 Å². The smallest absolute Gasteiger partial charge is 0.328 e. The predicted octanol–water partition coefficient (Wildman–Crippen LogP) is 2.24. The second-order valence-electron chi connectivity index (χ2n) is 4.89. The van der Waals surface area contributed by atoms with Gasteiger partial charge in [0.05, 0.1) is 23.4 Å². The molecule has 0 aliphatic heterocycles. The molecule has 3 N–H and O–H groups in total. The normalized spacial score (nSPS) is 12.1. The van der Waals surface area contributed by atoms with Crippen LogP contribution in [0.5, 0.6) is 0 Å². The summed E-state index contributed by atoms with van der Waals surface area (Å²) in [6.45, 7) is 3.91. The van der Waals surface area contributed by atoms with Gasteiger partial charge in [-0.1, -0.05) is 31.5 Å². The number of ether oxygens (including phenoxy) is 1. The van der Waals surface area contributed by atoms with Crippen LogP contribution in [0.2, 0.25) is 5.02 Å². The summed E-state index contributed by atoms with van der Waals surface area (Å²) in [7, 11) is 1.29. The summed E-state index contributed by atoms with van der Waals surface area (Å²) in [6, 6.07) is 4.08. The van der Waals surface area contributed by atoms with Crippen LogP contribution in [0.3, 0.4) is 0 Å². The molecule has 0 fully saturated rings. The van der Waals surface area contributed by atoms with Gasteiger partial charge in [0.25, 0.3) is 5.91 Å². The molecule has 0 saturated carbocycles. The van der Waals surface area contributed by atoms with Crippen LogP contribution in [-0.4, -0.2) is 25.0 Å². The van der Waals surface area contributed by atoms with Crippen LogP contribution in [0.4, 0.5) is 5.69 Å². The van der Waals surface area contributed by atoms with Crippen molar-refractivity contribution in [1.29, 1.82) is 0 Å². The minimum Gasteiger partial charge on any atom is -0.467 e. The number of methoxy groups -OCH3 is 1. The number of amides is 1. The minimum absolute atomic E-state index is 0.179. The molecule has 0 heterocycles. The van der Waals surface area contributed by atoms with Crippen LogP contribution in [0.1, 0.15) is 30.6 Å². The van der Waals surface area contributed by atoms with Gasteiger partial charge in [0.15, 0.2) is 0 Å². The first-order valence-electron chi connectivity index (χ1n) is 6.29. The monoisotopic (exact) mass is 298 g/mol. The Hall–Kier alpha value is -1.75. The summed E-state index contributed by atoms with van der Waals surface area (Å²) in [4.78, 5) is 23.8. The van der Waals surface area contributed by atoms with Gasteiger partial charge in [-0.3, -0.25) is 4.79 Å². The average Bonchev–Trinajstić information content (AvgIpc) is 2.39. The second-order valence-corrected chi connectivity index (χ2v) is 5.27. The van der Waals surface area contributed by atoms with Crippen molar-refractivity contribution in [3.8, 4) is 0 Å². The number of hydrogen-bond donors (Lipinski definition) is 2. The van der Waals surface area contributed by atoms with E-state index in [0.717, 1.165) is 0 Å². The topological polar surface area (TPSA) is 81.4 Å². The fourth-order valence-corrected chi connectivity index (χ4v) is 2.00. The van der Waals surface area contributed by atoms with E-state index in [9.17, 15) is 9.59 Å². The lowest BCUT2D eigenvalue weighted by molar-refractivity contribution is -0.143. The number of esters is 1. The van der Waals surface area contributed by atoms with Gasteiger partial charge in [-0.25, -0.2) is 4.79 Å². The molecule has 110 valence electrons. The Kier molecular flexibility index (Phi) is 5.82. The van der Waals surface area contributed by atoms with Crippen LogP contribution in [0.15, 0.2) is 18.2 Å². The number of benzene rings is 1. The SMILES string of the molecule is COC(=O)C(CC(C)C)NC(=O)c1cccc(N)c1Cl. The molecule has 1 unspecified atom stereocenters. The highest BCUT2D eigenvalue weighted by atomic mass is 35.5. The highest BCUT2D eigenvalue weighted by Crippen LogP contribution is 2.23. The molecule has 0 aliphatic carbocycles. The highest BCUT2D eigenvalue weighted by Gasteiger charge is 2.24. The molecule has 0 bridgehead atoms. The van der Waals surface area contributed by atoms with Crippen LogP contribution >= 0.6 is 11.6 Å². The predicted molar refractivity (Wildman–Crippen MR) is 78.6 cm³/mol. The minimum atomic E-state index is -0.704. The third-order valence-electron chi connectivity index (χ3n) is 2.77. The third-order valence-corrected chi connectivity index (χ3v) is 3.19. The molecule has 1 aromatic rings.